The summed E-state index contributed by atoms with van der Waals surface area (Å²) < 4.78 is 0. The molecule has 0 heterocycles. The zero-order valence-corrected chi connectivity index (χ0v) is 14.5. The molecule has 0 saturated heterocycles. The highest BCUT2D eigenvalue weighted by atomic mass is 16.2. The molecule has 24 heavy (non-hydrogen) atoms. The third-order valence-electron chi connectivity index (χ3n) is 3.80. The van der Waals surface area contributed by atoms with Gasteiger partial charge >= 0.3 is 0 Å². The second-order valence-electron chi connectivity index (χ2n) is 5.80. The SMILES string of the molecule is CC(=O)Nc1cccc(C(C)Nc2cccc(N(C)C(C)=O)c2)c1. The number of anilines is 3. The van der Waals surface area contributed by atoms with Crippen molar-refractivity contribution in [2.24, 2.45) is 0 Å². The molecule has 0 fully saturated rings. The van der Waals surface area contributed by atoms with Crippen LogP contribution in [0.2, 0.25) is 0 Å². The van der Waals surface area contributed by atoms with Gasteiger partial charge in [0.2, 0.25) is 11.8 Å². The summed E-state index contributed by atoms with van der Waals surface area (Å²) >= 11 is 0. The molecule has 5 heteroatoms. The van der Waals surface area contributed by atoms with E-state index in [9.17, 15) is 9.59 Å². The van der Waals surface area contributed by atoms with Gasteiger partial charge in [-0.15, -0.1) is 0 Å². The minimum atomic E-state index is -0.0901. The third kappa shape index (κ3) is 4.59. The largest absolute Gasteiger partial charge is 0.378 e. The second-order valence-corrected chi connectivity index (χ2v) is 5.80. The number of hydrogen-bond donors (Lipinski definition) is 2. The van der Waals surface area contributed by atoms with E-state index in [1.165, 1.54) is 13.8 Å². The Morgan fingerprint density at radius 1 is 1.00 bits per heavy atom. The van der Waals surface area contributed by atoms with Crippen LogP contribution in [0.25, 0.3) is 0 Å². The monoisotopic (exact) mass is 325 g/mol. The molecular formula is C19H23N3O2. The Balaban J connectivity index is 2.15. The lowest BCUT2D eigenvalue weighted by atomic mass is 10.1. The number of nitrogens with one attached hydrogen (secondary N) is 2. The Bertz CT molecular complexity index is 743. The van der Waals surface area contributed by atoms with E-state index in [0.29, 0.717) is 0 Å². The fourth-order valence-corrected chi connectivity index (χ4v) is 2.41. The lowest BCUT2D eigenvalue weighted by molar-refractivity contribution is -0.116. The first-order valence-corrected chi connectivity index (χ1v) is 7.85. The summed E-state index contributed by atoms with van der Waals surface area (Å²) in [5.41, 5.74) is 3.61. The van der Waals surface area contributed by atoms with Crippen molar-refractivity contribution in [1.82, 2.24) is 0 Å². The summed E-state index contributed by atoms with van der Waals surface area (Å²) in [6.45, 7) is 5.08. The van der Waals surface area contributed by atoms with Gasteiger partial charge in [0.05, 0.1) is 0 Å². The number of nitrogens with zero attached hydrogens (tertiary/aromatic N) is 1. The fourth-order valence-electron chi connectivity index (χ4n) is 2.41. The molecule has 0 aliphatic rings. The molecule has 0 bridgehead atoms. The standard InChI is InChI=1S/C19H23N3O2/c1-13(16-7-5-8-17(11-16)21-14(2)23)20-18-9-6-10-19(12-18)22(4)15(3)24/h5-13,20H,1-4H3,(H,21,23). The van der Waals surface area contributed by atoms with Gasteiger partial charge < -0.3 is 15.5 Å². The highest BCUT2D eigenvalue weighted by Crippen LogP contribution is 2.24. The summed E-state index contributed by atoms with van der Waals surface area (Å²) in [6, 6.07) is 15.5. The molecule has 0 radical (unpaired) electrons. The van der Waals surface area contributed by atoms with Crippen LogP contribution in [0.4, 0.5) is 17.1 Å². The molecule has 0 aromatic heterocycles. The van der Waals surface area contributed by atoms with Gasteiger partial charge in [-0.2, -0.15) is 0 Å². The first kappa shape index (κ1) is 17.5. The van der Waals surface area contributed by atoms with Gasteiger partial charge in [-0.05, 0) is 42.8 Å². The van der Waals surface area contributed by atoms with Crippen LogP contribution < -0.4 is 15.5 Å². The molecule has 0 aliphatic carbocycles. The molecular weight excluding hydrogens is 302 g/mol. The topological polar surface area (TPSA) is 61.4 Å². The fraction of sp³-hybridized carbons (Fsp3) is 0.263. The minimum Gasteiger partial charge on any atom is -0.378 e. The number of carbonyl (C=O) groups excluding carboxylic acids is 2. The number of rotatable bonds is 5. The van der Waals surface area contributed by atoms with E-state index in [0.717, 1.165) is 22.6 Å². The van der Waals surface area contributed by atoms with Crippen LogP contribution in [0.5, 0.6) is 0 Å². The van der Waals surface area contributed by atoms with Crippen molar-refractivity contribution >= 4 is 28.9 Å². The van der Waals surface area contributed by atoms with E-state index in [1.807, 2.05) is 55.5 Å². The smallest absolute Gasteiger partial charge is 0.223 e. The van der Waals surface area contributed by atoms with Crippen LogP contribution >= 0.6 is 0 Å². The van der Waals surface area contributed by atoms with E-state index in [2.05, 4.69) is 10.6 Å². The molecule has 2 aromatic carbocycles. The van der Waals surface area contributed by atoms with E-state index in [1.54, 1.807) is 11.9 Å². The van der Waals surface area contributed by atoms with Crippen LogP contribution in [0.15, 0.2) is 48.5 Å². The molecule has 2 N–H and O–H groups in total. The van der Waals surface area contributed by atoms with Gasteiger partial charge in [-0.3, -0.25) is 9.59 Å². The highest BCUT2D eigenvalue weighted by Gasteiger charge is 2.09. The van der Waals surface area contributed by atoms with E-state index < -0.39 is 0 Å². The van der Waals surface area contributed by atoms with Gasteiger partial charge in [-0.1, -0.05) is 18.2 Å². The molecule has 1 atom stereocenters. The average molecular weight is 325 g/mol. The van der Waals surface area contributed by atoms with Crippen LogP contribution in [0, 0.1) is 0 Å². The maximum atomic E-state index is 11.5. The lowest BCUT2D eigenvalue weighted by Crippen LogP contribution is -2.22. The predicted octanol–water partition coefficient (Wildman–Crippen LogP) is 3.80. The Morgan fingerprint density at radius 3 is 2.33 bits per heavy atom. The van der Waals surface area contributed by atoms with Gasteiger partial charge in [0.1, 0.15) is 0 Å². The van der Waals surface area contributed by atoms with Gasteiger partial charge in [0, 0.05) is 44.0 Å². The Morgan fingerprint density at radius 2 is 1.67 bits per heavy atom. The molecule has 0 aliphatic heterocycles. The van der Waals surface area contributed by atoms with Gasteiger partial charge in [0.15, 0.2) is 0 Å². The molecule has 0 saturated carbocycles. The summed E-state index contributed by atoms with van der Waals surface area (Å²) in [5, 5.41) is 6.21. The first-order valence-electron chi connectivity index (χ1n) is 7.85. The molecule has 0 spiro atoms. The van der Waals surface area contributed by atoms with E-state index in [4.69, 9.17) is 0 Å². The van der Waals surface area contributed by atoms with Crippen LogP contribution in [0.3, 0.4) is 0 Å². The van der Waals surface area contributed by atoms with Crippen molar-refractivity contribution in [3.8, 4) is 0 Å². The maximum absolute atomic E-state index is 11.5. The first-order chi connectivity index (χ1) is 11.4. The number of carbonyl (C=O) groups is 2. The highest BCUT2D eigenvalue weighted by molar-refractivity contribution is 5.91. The Labute approximate surface area is 142 Å². The van der Waals surface area contributed by atoms with Crippen molar-refractivity contribution in [3.05, 3.63) is 54.1 Å². The van der Waals surface area contributed by atoms with Crippen molar-refractivity contribution in [2.45, 2.75) is 26.8 Å². The van der Waals surface area contributed by atoms with Gasteiger partial charge in [0.25, 0.3) is 0 Å². The van der Waals surface area contributed by atoms with Crippen molar-refractivity contribution < 1.29 is 9.59 Å². The summed E-state index contributed by atoms with van der Waals surface area (Å²) in [4.78, 5) is 24.3. The summed E-state index contributed by atoms with van der Waals surface area (Å²) in [7, 11) is 1.75. The zero-order valence-electron chi connectivity index (χ0n) is 14.5. The molecule has 1 unspecified atom stereocenters. The number of benzene rings is 2. The van der Waals surface area contributed by atoms with Gasteiger partial charge in [-0.25, -0.2) is 0 Å². The quantitative estimate of drug-likeness (QED) is 0.879. The summed E-state index contributed by atoms with van der Waals surface area (Å²) in [6.07, 6.45) is 0. The average Bonchev–Trinajstić information content (AvgIpc) is 2.54. The maximum Gasteiger partial charge on any atom is 0.223 e. The third-order valence-corrected chi connectivity index (χ3v) is 3.80. The Hall–Kier alpha value is -2.82. The molecule has 2 rings (SSSR count). The molecule has 126 valence electrons. The van der Waals surface area contributed by atoms with Crippen LogP contribution in [-0.4, -0.2) is 18.9 Å². The zero-order chi connectivity index (χ0) is 17.7. The molecule has 2 amide bonds. The van der Waals surface area contributed by atoms with E-state index in [-0.39, 0.29) is 17.9 Å². The summed E-state index contributed by atoms with van der Waals surface area (Å²) in [5.74, 6) is -0.101. The van der Waals surface area contributed by atoms with Crippen molar-refractivity contribution in [2.75, 3.05) is 22.6 Å². The normalized spacial score (nSPS) is 11.5. The molecule has 2 aromatic rings. The predicted molar refractivity (Wildman–Crippen MR) is 98.3 cm³/mol. The second kappa shape index (κ2) is 7.64. The Kier molecular flexibility index (Phi) is 5.58. The van der Waals surface area contributed by atoms with Crippen molar-refractivity contribution in [3.63, 3.8) is 0 Å². The lowest BCUT2D eigenvalue weighted by Gasteiger charge is -2.20. The number of hydrogen-bond acceptors (Lipinski definition) is 3. The minimum absolute atomic E-state index is 0.0109. The van der Waals surface area contributed by atoms with Crippen LogP contribution in [-0.2, 0) is 9.59 Å². The number of amides is 2. The van der Waals surface area contributed by atoms with Crippen LogP contribution in [0.1, 0.15) is 32.4 Å². The van der Waals surface area contributed by atoms with E-state index >= 15 is 0 Å². The molecule has 5 nitrogen and oxygen atoms in total. The van der Waals surface area contributed by atoms with Crippen molar-refractivity contribution in [1.29, 1.82) is 0 Å².